The number of hydrogen-bond donors (Lipinski definition) is 3. The van der Waals surface area contributed by atoms with E-state index in [1.54, 1.807) is 48.7 Å². The Kier molecular flexibility index (Phi) is 7.59. The van der Waals surface area contributed by atoms with Crippen molar-refractivity contribution in [2.75, 3.05) is 25.1 Å². The molecule has 4 heterocycles. The molecule has 3 aromatic heterocycles. The van der Waals surface area contributed by atoms with E-state index in [1.165, 1.54) is 12.1 Å². The fourth-order valence-corrected chi connectivity index (χ4v) is 4.59. The molecule has 0 saturated carbocycles. The molecule has 196 valence electrons. The largest absolute Gasteiger partial charge is 0.352 e. The predicted octanol–water partition coefficient (Wildman–Crippen LogP) is 4.70. The molecule has 11 heteroatoms. The Bertz CT molecular complexity index is 1400. The van der Waals surface area contributed by atoms with Crippen LogP contribution in [0.25, 0.3) is 22.6 Å². The van der Waals surface area contributed by atoms with Gasteiger partial charge in [-0.1, -0.05) is 12.1 Å². The molecular weight excluding hydrogens is 507 g/mol. The number of imidazole rings is 1. The van der Waals surface area contributed by atoms with Crippen molar-refractivity contribution in [3.63, 3.8) is 0 Å². The van der Waals surface area contributed by atoms with Crippen molar-refractivity contribution in [3.8, 4) is 22.6 Å². The second-order valence-corrected chi connectivity index (χ2v) is 10.1. The van der Waals surface area contributed by atoms with Gasteiger partial charge in [0.25, 0.3) is 0 Å². The van der Waals surface area contributed by atoms with Gasteiger partial charge < -0.3 is 25.1 Å². The van der Waals surface area contributed by atoms with Crippen molar-refractivity contribution in [1.29, 1.82) is 0 Å². The summed E-state index contributed by atoms with van der Waals surface area (Å²) in [7, 11) is 0. The van der Waals surface area contributed by atoms with Crippen LogP contribution in [-0.4, -0.2) is 45.6 Å². The molecule has 0 radical (unpaired) electrons. The van der Waals surface area contributed by atoms with E-state index >= 15 is 0 Å². The number of nitrogens with zero attached hydrogens (tertiary/aromatic N) is 3. The van der Waals surface area contributed by atoms with Crippen molar-refractivity contribution < 1.29 is 18.7 Å². The lowest BCUT2D eigenvalue weighted by Crippen LogP contribution is -2.48. The van der Waals surface area contributed by atoms with E-state index in [9.17, 15) is 9.18 Å². The molecule has 38 heavy (non-hydrogen) atoms. The Morgan fingerprint density at radius 1 is 1.24 bits per heavy atom. The zero-order chi connectivity index (χ0) is 26.5. The number of aromatic amines is 1. The molecule has 1 aliphatic rings. The highest BCUT2D eigenvalue weighted by Gasteiger charge is 2.40. The third-order valence-electron chi connectivity index (χ3n) is 6.04. The zero-order valence-corrected chi connectivity index (χ0v) is 21.6. The Balaban J connectivity index is 1.41. The number of carbonyl (C=O) groups excluding carboxylic acids is 1. The van der Waals surface area contributed by atoms with Crippen LogP contribution in [0.1, 0.15) is 23.9 Å². The number of H-pyrrole nitrogens is 1. The highest BCUT2D eigenvalue weighted by Crippen LogP contribution is 2.35. The van der Waals surface area contributed by atoms with Gasteiger partial charge in [0.1, 0.15) is 5.82 Å². The van der Waals surface area contributed by atoms with Crippen molar-refractivity contribution in [2.24, 2.45) is 5.41 Å². The van der Waals surface area contributed by atoms with Crippen LogP contribution in [0.2, 0.25) is 0 Å². The molecule has 5 rings (SSSR count). The maximum absolute atomic E-state index is 13.7. The van der Waals surface area contributed by atoms with Gasteiger partial charge >= 0.3 is 0 Å². The van der Waals surface area contributed by atoms with Crippen LogP contribution in [0.4, 0.5) is 10.3 Å². The Morgan fingerprint density at radius 3 is 2.74 bits per heavy atom. The van der Waals surface area contributed by atoms with Gasteiger partial charge in [0.2, 0.25) is 18.1 Å². The molecular formula is C27H27FN6O3S. The van der Waals surface area contributed by atoms with Gasteiger partial charge in [-0.2, -0.15) is 0 Å². The number of halogens is 1. The summed E-state index contributed by atoms with van der Waals surface area (Å²) in [6, 6.07) is 11.9. The number of carbonyl (C=O) groups is 1. The number of amides is 1. The summed E-state index contributed by atoms with van der Waals surface area (Å²) in [6.45, 7) is 6.66. The summed E-state index contributed by atoms with van der Waals surface area (Å²) < 4.78 is 25.5. The topological polar surface area (TPSA) is 114 Å². The second-order valence-electron chi connectivity index (χ2n) is 9.06. The summed E-state index contributed by atoms with van der Waals surface area (Å²) in [5.74, 6) is 0.357. The van der Waals surface area contributed by atoms with Crippen LogP contribution in [0.5, 0.6) is 0 Å². The van der Waals surface area contributed by atoms with Crippen LogP contribution < -0.4 is 10.6 Å². The minimum atomic E-state index is -0.843. The quantitative estimate of drug-likeness (QED) is 0.267. The first-order valence-corrected chi connectivity index (χ1v) is 12.9. The van der Waals surface area contributed by atoms with Crippen LogP contribution >= 0.6 is 11.3 Å². The lowest BCUT2D eigenvalue weighted by Gasteiger charge is -2.35. The standard InChI is InChI=1S/C27H27FN6O3S/c1-3-11-29-25(35)27(2)15-36-24(37-16-27)23-33-21(17-6-8-18(28)9-7-17)22(34-23)20-10-12-30-26(32-20)31-14-19-5-4-13-38-19/h3-10,12-13,24H,1,11,14-16H2,2H3,(H,29,35)(H,33,34)(H,30,31,32). The first kappa shape index (κ1) is 25.7. The normalized spacial score (nSPS) is 19.2. The van der Waals surface area contributed by atoms with Gasteiger partial charge in [0.05, 0.1) is 42.3 Å². The zero-order valence-electron chi connectivity index (χ0n) is 20.7. The second kappa shape index (κ2) is 11.2. The van der Waals surface area contributed by atoms with E-state index in [-0.39, 0.29) is 24.9 Å². The minimum Gasteiger partial charge on any atom is -0.352 e. The molecule has 1 aromatic carbocycles. The number of anilines is 1. The molecule has 0 unspecified atom stereocenters. The third-order valence-corrected chi connectivity index (χ3v) is 6.91. The molecule has 3 N–H and O–H groups in total. The molecule has 1 fully saturated rings. The predicted molar refractivity (Wildman–Crippen MR) is 143 cm³/mol. The number of ether oxygens (including phenoxy) is 2. The first-order valence-electron chi connectivity index (χ1n) is 12.0. The van der Waals surface area contributed by atoms with Gasteiger partial charge in [-0.3, -0.25) is 4.79 Å². The van der Waals surface area contributed by atoms with Gasteiger partial charge in [-0.25, -0.2) is 19.3 Å². The molecule has 0 spiro atoms. The summed E-state index contributed by atoms with van der Waals surface area (Å²) in [5.41, 5.74) is 1.62. The molecule has 0 bridgehead atoms. The average molecular weight is 535 g/mol. The Morgan fingerprint density at radius 2 is 2.03 bits per heavy atom. The van der Waals surface area contributed by atoms with Gasteiger partial charge in [-0.15, -0.1) is 17.9 Å². The monoisotopic (exact) mass is 534 g/mol. The molecule has 9 nitrogen and oxygen atoms in total. The summed E-state index contributed by atoms with van der Waals surface area (Å²) in [4.78, 5) is 30.7. The van der Waals surface area contributed by atoms with Gasteiger partial charge in [0.15, 0.2) is 5.82 Å². The number of nitrogens with one attached hydrogen (secondary N) is 3. The van der Waals surface area contributed by atoms with E-state index in [4.69, 9.17) is 14.5 Å². The van der Waals surface area contributed by atoms with Crippen LogP contribution in [0.3, 0.4) is 0 Å². The van der Waals surface area contributed by atoms with Gasteiger partial charge in [0, 0.05) is 23.2 Å². The SMILES string of the molecule is C=CCNC(=O)C1(C)COC(c2nc(-c3ccc(F)cc3)c(-c3ccnc(NCc4cccs4)n3)[nH]2)OC1. The van der Waals surface area contributed by atoms with E-state index in [1.807, 2.05) is 17.5 Å². The maximum Gasteiger partial charge on any atom is 0.230 e. The van der Waals surface area contributed by atoms with Crippen molar-refractivity contribution in [2.45, 2.75) is 19.8 Å². The van der Waals surface area contributed by atoms with Crippen LogP contribution in [-0.2, 0) is 20.8 Å². The number of aromatic nitrogens is 4. The average Bonchev–Trinajstić information content (AvgIpc) is 3.62. The van der Waals surface area contributed by atoms with Crippen molar-refractivity contribution in [1.82, 2.24) is 25.3 Å². The molecule has 1 saturated heterocycles. The highest BCUT2D eigenvalue weighted by molar-refractivity contribution is 7.09. The van der Waals surface area contributed by atoms with Crippen molar-refractivity contribution in [3.05, 3.63) is 83.2 Å². The Labute approximate surface area is 223 Å². The highest BCUT2D eigenvalue weighted by atomic mass is 32.1. The fraction of sp³-hybridized carbons (Fsp3) is 0.259. The molecule has 4 aromatic rings. The van der Waals surface area contributed by atoms with Crippen LogP contribution in [0, 0.1) is 11.2 Å². The van der Waals surface area contributed by atoms with E-state index in [0.717, 1.165) is 4.88 Å². The molecule has 1 amide bonds. The lowest BCUT2D eigenvalue weighted by molar-refractivity contribution is -0.230. The fourth-order valence-electron chi connectivity index (χ4n) is 3.94. The maximum atomic E-state index is 13.7. The lowest BCUT2D eigenvalue weighted by atomic mass is 9.91. The Hall–Kier alpha value is -3.93. The molecule has 0 aliphatic carbocycles. The third kappa shape index (κ3) is 5.64. The number of hydrogen-bond acceptors (Lipinski definition) is 8. The van der Waals surface area contributed by atoms with Crippen LogP contribution in [0.15, 0.2) is 66.7 Å². The number of thiophene rings is 1. The summed E-state index contributed by atoms with van der Waals surface area (Å²) >= 11 is 1.65. The number of rotatable bonds is 9. The van der Waals surface area contributed by atoms with E-state index < -0.39 is 11.7 Å². The number of benzene rings is 1. The summed E-state index contributed by atoms with van der Waals surface area (Å²) in [6.07, 6.45) is 2.46. The first-order chi connectivity index (χ1) is 18.4. The summed E-state index contributed by atoms with van der Waals surface area (Å²) in [5, 5.41) is 8.05. The van der Waals surface area contributed by atoms with Gasteiger partial charge in [-0.05, 0) is 48.7 Å². The molecule has 1 aliphatic heterocycles. The smallest absolute Gasteiger partial charge is 0.230 e. The van der Waals surface area contributed by atoms with E-state index in [2.05, 4.69) is 32.2 Å². The van der Waals surface area contributed by atoms with Crippen molar-refractivity contribution >= 4 is 23.2 Å². The molecule has 0 atom stereocenters. The minimum absolute atomic E-state index is 0.146. The van der Waals surface area contributed by atoms with E-state index in [0.29, 0.717) is 47.5 Å².